The van der Waals surface area contributed by atoms with Crippen molar-refractivity contribution in [2.75, 3.05) is 0 Å². The number of aryl methyl sites for hydroxylation is 2. The van der Waals surface area contributed by atoms with Crippen molar-refractivity contribution in [2.24, 2.45) is 0 Å². The van der Waals surface area contributed by atoms with Crippen LogP contribution in [0.4, 0.5) is 8.78 Å². The minimum atomic E-state index is -1.11. The predicted octanol–water partition coefficient (Wildman–Crippen LogP) is 4.43. The quantitative estimate of drug-likeness (QED) is 0.865. The molecule has 0 radical (unpaired) electrons. The van der Waals surface area contributed by atoms with E-state index < -0.39 is 17.7 Å². The highest BCUT2D eigenvalue weighted by molar-refractivity contribution is 9.10. The fraction of sp³-hybridized carbons (Fsp3) is 0.200. The molecule has 1 nitrogen and oxygen atoms in total. The highest BCUT2D eigenvalue weighted by atomic mass is 79.9. The molecule has 2 aromatic rings. The molecule has 0 saturated carbocycles. The van der Waals surface area contributed by atoms with Gasteiger partial charge in [0.1, 0.15) is 17.7 Å². The first-order valence-corrected chi connectivity index (χ1v) is 6.59. The van der Waals surface area contributed by atoms with E-state index in [4.69, 9.17) is 0 Å². The van der Waals surface area contributed by atoms with Crippen LogP contribution < -0.4 is 0 Å². The SMILES string of the molecule is Cc1cc(C)c(C(O)c2ccc(F)c(Br)c2)c(F)c1. The van der Waals surface area contributed by atoms with Crippen molar-refractivity contribution in [3.63, 3.8) is 0 Å². The Labute approximate surface area is 119 Å². The van der Waals surface area contributed by atoms with Crippen molar-refractivity contribution in [3.8, 4) is 0 Å². The van der Waals surface area contributed by atoms with Crippen LogP contribution in [0.15, 0.2) is 34.8 Å². The van der Waals surface area contributed by atoms with Gasteiger partial charge >= 0.3 is 0 Å². The van der Waals surface area contributed by atoms with Crippen LogP contribution in [0, 0.1) is 25.5 Å². The average molecular weight is 327 g/mol. The lowest BCUT2D eigenvalue weighted by molar-refractivity contribution is 0.214. The van der Waals surface area contributed by atoms with Crippen LogP contribution in [0.25, 0.3) is 0 Å². The summed E-state index contributed by atoms with van der Waals surface area (Å²) in [5, 5.41) is 10.3. The average Bonchev–Trinajstić information content (AvgIpc) is 2.31. The molecule has 0 saturated heterocycles. The fourth-order valence-electron chi connectivity index (χ4n) is 2.12. The molecule has 2 aromatic carbocycles. The first-order chi connectivity index (χ1) is 8.90. The van der Waals surface area contributed by atoms with Crippen LogP contribution in [-0.2, 0) is 0 Å². The summed E-state index contributed by atoms with van der Waals surface area (Å²) in [4.78, 5) is 0. The molecule has 0 aliphatic rings. The minimum Gasteiger partial charge on any atom is -0.384 e. The van der Waals surface area contributed by atoms with Gasteiger partial charge in [-0.2, -0.15) is 0 Å². The molecule has 0 aromatic heterocycles. The first kappa shape index (κ1) is 14.2. The maximum Gasteiger partial charge on any atom is 0.137 e. The molecule has 0 heterocycles. The third kappa shape index (κ3) is 2.85. The Morgan fingerprint density at radius 1 is 1.05 bits per heavy atom. The van der Waals surface area contributed by atoms with Crippen molar-refractivity contribution < 1.29 is 13.9 Å². The Bertz CT molecular complexity index is 603. The van der Waals surface area contributed by atoms with Crippen molar-refractivity contribution >= 4 is 15.9 Å². The lowest BCUT2D eigenvalue weighted by atomic mass is 9.95. The third-order valence-electron chi connectivity index (χ3n) is 3.01. The Morgan fingerprint density at radius 2 is 1.74 bits per heavy atom. The van der Waals surface area contributed by atoms with E-state index in [1.54, 1.807) is 19.9 Å². The fourth-order valence-corrected chi connectivity index (χ4v) is 2.52. The topological polar surface area (TPSA) is 20.2 Å². The van der Waals surface area contributed by atoms with Crippen LogP contribution >= 0.6 is 15.9 Å². The Hall–Kier alpha value is -1.26. The van der Waals surface area contributed by atoms with E-state index in [0.717, 1.165) is 5.56 Å². The van der Waals surface area contributed by atoms with Crippen molar-refractivity contribution in [2.45, 2.75) is 20.0 Å². The van der Waals surface area contributed by atoms with E-state index in [1.807, 2.05) is 0 Å². The number of halogens is 3. The maximum absolute atomic E-state index is 14.0. The molecule has 1 atom stereocenters. The molecule has 0 amide bonds. The first-order valence-electron chi connectivity index (χ1n) is 5.80. The normalized spacial score (nSPS) is 12.5. The van der Waals surface area contributed by atoms with E-state index in [-0.39, 0.29) is 10.0 Å². The highest BCUT2D eigenvalue weighted by Crippen LogP contribution is 2.30. The Morgan fingerprint density at radius 3 is 2.32 bits per heavy atom. The zero-order valence-electron chi connectivity index (χ0n) is 10.5. The number of hydrogen-bond acceptors (Lipinski definition) is 1. The summed E-state index contributed by atoms with van der Waals surface area (Å²) in [6, 6.07) is 7.33. The van der Waals surface area contributed by atoms with Gasteiger partial charge in [-0.25, -0.2) is 8.78 Å². The molecule has 0 bridgehead atoms. The van der Waals surface area contributed by atoms with Gasteiger partial charge in [0.15, 0.2) is 0 Å². The highest BCUT2D eigenvalue weighted by Gasteiger charge is 2.18. The molecule has 0 fully saturated rings. The second-order valence-corrected chi connectivity index (χ2v) is 5.41. The molecule has 1 unspecified atom stereocenters. The van der Waals surface area contributed by atoms with Crippen LogP contribution in [-0.4, -0.2) is 5.11 Å². The van der Waals surface area contributed by atoms with Gasteiger partial charge < -0.3 is 5.11 Å². The van der Waals surface area contributed by atoms with Gasteiger partial charge in [-0.1, -0.05) is 12.1 Å². The number of benzene rings is 2. The Balaban J connectivity index is 2.49. The van der Waals surface area contributed by atoms with E-state index in [1.165, 1.54) is 24.3 Å². The number of hydrogen-bond donors (Lipinski definition) is 1. The summed E-state index contributed by atoms with van der Waals surface area (Å²) < 4.78 is 27.4. The standard InChI is InChI=1S/C15H13BrF2O/c1-8-5-9(2)14(13(18)6-8)15(19)10-3-4-12(17)11(16)7-10/h3-7,15,19H,1-2H3. The van der Waals surface area contributed by atoms with E-state index in [2.05, 4.69) is 15.9 Å². The number of rotatable bonds is 2. The molecule has 4 heteroatoms. The molecular weight excluding hydrogens is 314 g/mol. The summed E-state index contributed by atoms with van der Waals surface area (Å²) in [5.74, 6) is -0.873. The maximum atomic E-state index is 14.0. The predicted molar refractivity (Wildman–Crippen MR) is 74.0 cm³/mol. The summed E-state index contributed by atoms with van der Waals surface area (Å²) in [5.41, 5.74) is 2.14. The molecule has 100 valence electrons. The lowest BCUT2D eigenvalue weighted by Crippen LogP contribution is -2.06. The molecule has 2 rings (SSSR count). The van der Waals surface area contributed by atoms with Crippen molar-refractivity contribution in [3.05, 3.63) is 68.7 Å². The number of aliphatic hydroxyl groups excluding tert-OH is 1. The van der Waals surface area contributed by atoms with Gasteiger partial charge in [0.25, 0.3) is 0 Å². The molecular formula is C15H13BrF2O. The monoisotopic (exact) mass is 326 g/mol. The molecule has 1 N–H and O–H groups in total. The second kappa shape index (κ2) is 5.39. The minimum absolute atomic E-state index is 0.226. The molecule has 0 spiro atoms. The van der Waals surface area contributed by atoms with E-state index in [9.17, 15) is 13.9 Å². The molecule has 19 heavy (non-hydrogen) atoms. The summed E-state index contributed by atoms with van der Waals surface area (Å²) in [7, 11) is 0. The lowest BCUT2D eigenvalue weighted by Gasteiger charge is -2.16. The van der Waals surface area contributed by atoms with Gasteiger partial charge in [-0.15, -0.1) is 0 Å². The van der Waals surface area contributed by atoms with Crippen LogP contribution in [0.2, 0.25) is 0 Å². The van der Waals surface area contributed by atoms with Crippen LogP contribution in [0.1, 0.15) is 28.4 Å². The zero-order valence-corrected chi connectivity index (χ0v) is 12.1. The smallest absolute Gasteiger partial charge is 0.137 e. The third-order valence-corrected chi connectivity index (χ3v) is 3.62. The summed E-state index contributed by atoms with van der Waals surface area (Å²) >= 11 is 3.06. The van der Waals surface area contributed by atoms with Crippen LogP contribution in [0.3, 0.4) is 0 Å². The van der Waals surface area contributed by atoms with Gasteiger partial charge in [0, 0.05) is 5.56 Å². The van der Waals surface area contributed by atoms with Crippen molar-refractivity contribution in [1.29, 1.82) is 0 Å². The molecule has 0 aliphatic carbocycles. The zero-order chi connectivity index (χ0) is 14.2. The van der Waals surface area contributed by atoms with Gasteiger partial charge in [0.05, 0.1) is 4.47 Å². The van der Waals surface area contributed by atoms with Crippen LogP contribution in [0.5, 0.6) is 0 Å². The Kier molecular flexibility index (Phi) is 4.02. The van der Waals surface area contributed by atoms with Crippen molar-refractivity contribution in [1.82, 2.24) is 0 Å². The van der Waals surface area contributed by atoms with Gasteiger partial charge in [-0.05, 0) is 64.7 Å². The van der Waals surface area contributed by atoms with Gasteiger partial charge in [0.2, 0.25) is 0 Å². The van der Waals surface area contributed by atoms with E-state index in [0.29, 0.717) is 11.1 Å². The summed E-state index contributed by atoms with van der Waals surface area (Å²) in [6.45, 7) is 3.54. The largest absolute Gasteiger partial charge is 0.384 e. The summed E-state index contributed by atoms with van der Waals surface area (Å²) in [6.07, 6.45) is -1.11. The van der Waals surface area contributed by atoms with E-state index >= 15 is 0 Å². The number of aliphatic hydroxyl groups is 1. The van der Waals surface area contributed by atoms with Gasteiger partial charge in [-0.3, -0.25) is 0 Å². The molecule has 0 aliphatic heterocycles. The second-order valence-electron chi connectivity index (χ2n) is 4.55.